The molecule has 0 amide bonds. The molecule has 0 fully saturated rings. The van der Waals surface area contributed by atoms with Crippen molar-refractivity contribution in [2.45, 2.75) is 13.8 Å². The summed E-state index contributed by atoms with van der Waals surface area (Å²) in [5.41, 5.74) is 4.93. The minimum absolute atomic E-state index is 0.0545. The van der Waals surface area contributed by atoms with Gasteiger partial charge in [-0.05, 0) is 46.7 Å². The van der Waals surface area contributed by atoms with Gasteiger partial charge in [-0.3, -0.25) is 4.79 Å². The molecule has 0 atom stereocenters. The topological polar surface area (TPSA) is 17.1 Å². The fourth-order valence-corrected chi connectivity index (χ4v) is 3.40. The van der Waals surface area contributed by atoms with Gasteiger partial charge in [0.05, 0.1) is 0 Å². The van der Waals surface area contributed by atoms with Gasteiger partial charge in [0, 0.05) is 16.5 Å². The molecule has 0 heterocycles. The first kappa shape index (κ1) is 11.4. The van der Waals surface area contributed by atoms with Crippen molar-refractivity contribution < 1.29 is 4.79 Å². The van der Waals surface area contributed by atoms with Crippen LogP contribution in [0.5, 0.6) is 0 Å². The molecule has 20 heavy (non-hydrogen) atoms. The second kappa shape index (κ2) is 3.57. The zero-order chi connectivity index (χ0) is 14.0. The van der Waals surface area contributed by atoms with Crippen LogP contribution in [0, 0.1) is 13.8 Å². The highest BCUT2D eigenvalue weighted by molar-refractivity contribution is 6.40. The van der Waals surface area contributed by atoms with E-state index in [9.17, 15) is 4.79 Å². The van der Waals surface area contributed by atoms with Crippen LogP contribution in [0.25, 0.3) is 27.1 Å². The fraction of sp³-hybridized carbons (Fsp3) is 0.105. The summed E-state index contributed by atoms with van der Waals surface area (Å²) in [6.45, 7) is 8.29. The van der Waals surface area contributed by atoms with Crippen LogP contribution in [0.4, 0.5) is 0 Å². The lowest BCUT2D eigenvalue weighted by Crippen LogP contribution is -2.09. The largest absolute Gasteiger partial charge is 0.289 e. The Bertz CT molecular complexity index is 866. The van der Waals surface area contributed by atoms with Gasteiger partial charge in [-0.25, -0.2) is 0 Å². The summed E-state index contributed by atoms with van der Waals surface area (Å²) in [5, 5.41) is 4.69. The van der Waals surface area contributed by atoms with E-state index in [-0.39, 0.29) is 5.78 Å². The maximum Gasteiger partial charge on any atom is 0.193 e. The average Bonchev–Trinajstić information content (AvgIpc) is 2.48. The predicted molar refractivity (Wildman–Crippen MR) is 84.3 cm³/mol. The van der Waals surface area contributed by atoms with E-state index in [2.05, 4.69) is 32.6 Å². The SMILES string of the molecule is C=C1C(=O)c2cccc3c(C)c(C)c4cccc1c4c23. The van der Waals surface area contributed by atoms with Gasteiger partial charge >= 0.3 is 0 Å². The van der Waals surface area contributed by atoms with Crippen LogP contribution in [0.15, 0.2) is 43.0 Å². The Labute approximate surface area is 117 Å². The molecule has 3 aromatic rings. The highest BCUT2D eigenvalue weighted by Crippen LogP contribution is 2.42. The lowest BCUT2D eigenvalue weighted by atomic mass is 9.80. The van der Waals surface area contributed by atoms with Crippen molar-refractivity contribution in [2.24, 2.45) is 0 Å². The third-order valence-corrected chi connectivity index (χ3v) is 4.59. The Hall–Kier alpha value is -2.41. The maximum atomic E-state index is 12.5. The first-order valence-electron chi connectivity index (χ1n) is 6.80. The standard InChI is InChI=1S/C19H14O/c1-10-11(2)14-7-5-9-16-18(14)17-13(10)6-4-8-15(17)12(3)19(16)20/h4-9H,3H2,1-2H3. The average molecular weight is 258 g/mol. The second-order valence-corrected chi connectivity index (χ2v) is 5.51. The van der Waals surface area contributed by atoms with Crippen molar-refractivity contribution in [3.05, 3.63) is 65.2 Å². The monoisotopic (exact) mass is 258 g/mol. The lowest BCUT2D eigenvalue weighted by Gasteiger charge is -2.22. The van der Waals surface area contributed by atoms with Gasteiger partial charge in [-0.1, -0.05) is 43.0 Å². The Morgan fingerprint density at radius 2 is 1.30 bits per heavy atom. The molecular formula is C19H14O. The van der Waals surface area contributed by atoms with E-state index in [0.717, 1.165) is 16.5 Å². The summed E-state index contributed by atoms with van der Waals surface area (Å²) in [6, 6.07) is 12.2. The Balaban J connectivity index is 2.48. The van der Waals surface area contributed by atoms with Gasteiger partial charge in [0.25, 0.3) is 0 Å². The number of ketones is 1. The summed E-state index contributed by atoms with van der Waals surface area (Å²) in [7, 11) is 0. The van der Waals surface area contributed by atoms with Crippen molar-refractivity contribution in [1.82, 2.24) is 0 Å². The van der Waals surface area contributed by atoms with Crippen molar-refractivity contribution in [3.8, 4) is 0 Å². The van der Waals surface area contributed by atoms with E-state index in [1.165, 1.54) is 27.3 Å². The molecule has 0 aromatic heterocycles. The molecule has 96 valence electrons. The highest BCUT2D eigenvalue weighted by Gasteiger charge is 2.25. The van der Waals surface area contributed by atoms with Crippen LogP contribution in [-0.2, 0) is 0 Å². The highest BCUT2D eigenvalue weighted by atomic mass is 16.1. The molecule has 1 aliphatic carbocycles. The number of carbonyl (C=O) groups excluding carboxylic acids is 1. The van der Waals surface area contributed by atoms with E-state index in [4.69, 9.17) is 0 Å². The van der Waals surface area contributed by atoms with Crippen LogP contribution in [0.3, 0.4) is 0 Å². The van der Waals surface area contributed by atoms with Crippen LogP contribution in [-0.4, -0.2) is 5.78 Å². The summed E-state index contributed by atoms with van der Waals surface area (Å²) in [5.74, 6) is 0.0545. The maximum absolute atomic E-state index is 12.5. The second-order valence-electron chi connectivity index (χ2n) is 5.51. The molecule has 4 rings (SSSR count). The van der Waals surface area contributed by atoms with Gasteiger partial charge in [0.1, 0.15) is 0 Å². The van der Waals surface area contributed by atoms with Crippen LogP contribution < -0.4 is 0 Å². The van der Waals surface area contributed by atoms with Gasteiger partial charge in [0.15, 0.2) is 5.78 Å². The number of aryl methyl sites for hydroxylation is 2. The summed E-state index contributed by atoms with van der Waals surface area (Å²) < 4.78 is 0. The molecule has 1 aliphatic rings. The molecule has 0 saturated carbocycles. The van der Waals surface area contributed by atoms with Gasteiger partial charge < -0.3 is 0 Å². The predicted octanol–water partition coefficient (Wildman–Crippen LogP) is 4.82. The van der Waals surface area contributed by atoms with E-state index < -0.39 is 0 Å². The van der Waals surface area contributed by atoms with Gasteiger partial charge in [-0.15, -0.1) is 0 Å². The molecular weight excluding hydrogens is 244 g/mol. The Kier molecular flexibility index (Phi) is 2.04. The zero-order valence-corrected chi connectivity index (χ0v) is 11.6. The number of benzene rings is 3. The molecule has 0 radical (unpaired) electrons. The zero-order valence-electron chi connectivity index (χ0n) is 11.6. The quantitative estimate of drug-likeness (QED) is 0.417. The molecule has 3 aromatic carbocycles. The van der Waals surface area contributed by atoms with E-state index >= 15 is 0 Å². The third-order valence-electron chi connectivity index (χ3n) is 4.59. The van der Waals surface area contributed by atoms with Gasteiger partial charge in [-0.2, -0.15) is 0 Å². The first-order chi connectivity index (χ1) is 9.61. The summed E-state index contributed by atoms with van der Waals surface area (Å²) in [4.78, 5) is 12.5. The Morgan fingerprint density at radius 1 is 0.800 bits per heavy atom. The Morgan fingerprint density at radius 3 is 1.90 bits per heavy atom. The molecule has 0 unspecified atom stereocenters. The molecule has 0 bridgehead atoms. The molecule has 1 heteroatoms. The van der Waals surface area contributed by atoms with Crippen LogP contribution >= 0.6 is 0 Å². The normalized spacial score (nSPS) is 13.7. The number of carbonyl (C=O) groups is 1. The van der Waals surface area contributed by atoms with E-state index in [1.807, 2.05) is 24.3 Å². The van der Waals surface area contributed by atoms with Crippen LogP contribution in [0.1, 0.15) is 27.0 Å². The van der Waals surface area contributed by atoms with Crippen molar-refractivity contribution in [1.29, 1.82) is 0 Å². The molecule has 0 spiro atoms. The number of hydrogen-bond acceptors (Lipinski definition) is 1. The molecule has 1 nitrogen and oxygen atoms in total. The van der Waals surface area contributed by atoms with E-state index in [1.54, 1.807) is 0 Å². The molecule has 0 aliphatic heterocycles. The smallest absolute Gasteiger partial charge is 0.193 e. The first-order valence-corrected chi connectivity index (χ1v) is 6.80. The number of allylic oxidation sites excluding steroid dienone is 1. The van der Waals surface area contributed by atoms with Crippen molar-refractivity contribution in [2.75, 3.05) is 0 Å². The number of hydrogen-bond donors (Lipinski definition) is 0. The minimum Gasteiger partial charge on any atom is -0.289 e. The lowest BCUT2D eigenvalue weighted by molar-refractivity contribution is 0.105. The van der Waals surface area contributed by atoms with Crippen LogP contribution in [0.2, 0.25) is 0 Å². The summed E-state index contributed by atoms with van der Waals surface area (Å²) in [6.07, 6.45) is 0. The van der Waals surface area contributed by atoms with Gasteiger partial charge in [0.2, 0.25) is 0 Å². The van der Waals surface area contributed by atoms with Crippen molar-refractivity contribution >= 4 is 32.9 Å². The fourth-order valence-electron chi connectivity index (χ4n) is 3.40. The third kappa shape index (κ3) is 1.16. The number of rotatable bonds is 0. The number of Topliss-reactive ketones (excluding diaryl/α,β-unsaturated/α-hetero) is 1. The molecule has 0 N–H and O–H groups in total. The summed E-state index contributed by atoms with van der Waals surface area (Å²) >= 11 is 0. The van der Waals surface area contributed by atoms with E-state index in [0.29, 0.717) is 5.57 Å². The minimum atomic E-state index is 0.0545. The van der Waals surface area contributed by atoms with Crippen molar-refractivity contribution in [3.63, 3.8) is 0 Å². The molecule has 0 saturated heterocycles.